The molecule has 2 heterocycles. The molecule has 1 aromatic heterocycles. The summed E-state index contributed by atoms with van der Waals surface area (Å²) < 4.78 is 0. The Balaban J connectivity index is 1.76. The van der Waals surface area contributed by atoms with Crippen LogP contribution in [0, 0.1) is 6.92 Å². The van der Waals surface area contributed by atoms with Crippen molar-refractivity contribution in [2.75, 3.05) is 26.2 Å². The third kappa shape index (κ3) is 5.31. The zero-order valence-electron chi connectivity index (χ0n) is 15.0. The van der Waals surface area contributed by atoms with Crippen LogP contribution in [0.1, 0.15) is 53.2 Å². The van der Waals surface area contributed by atoms with Gasteiger partial charge < -0.3 is 10.6 Å². The van der Waals surface area contributed by atoms with E-state index in [-0.39, 0.29) is 17.9 Å². The molecule has 5 nitrogen and oxygen atoms in total. The van der Waals surface area contributed by atoms with Crippen molar-refractivity contribution < 1.29 is 9.59 Å². The quantitative estimate of drug-likeness (QED) is 0.793. The van der Waals surface area contributed by atoms with Crippen LogP contribution in [0.4, 0.5) is 0 Å². The number of hydrogen-bond donors (Lipinski definition) is 2. The smallest absolute Gasteiger partial charge is 0.261 e. The van der Waals surface area contributed by atoms with Gasteiger partial charge in [-0.1, -0.05) is 13.8 Å². The minimum absolute atomic E-state index is 0.0435. The summed E-state index contributed by atoms with van der Waals surface area (Å²) in [6.07, 6.45) is 3.74. The maximum atomic E-state index is 12.4. The normalized spacial score (nSPS) is 16.1. The Kier molecular flexibility index (Phi) is 7.24. The maximum Gasteiger partial charge on any atom is 0.261 e. The minimum Gasteiger partial charge on any atom is -0.355 e. The molecule has 0 bridgehead atoms. The van der Waals surface area contributed by atoms with Gasteiger partial charge in [0, 0.05) is 30.6 Å². The molecule has 1 aliphatic rings. The van der Waals surface area contributed by atoms with E-state index in [1.165, 1.54) is 10.4 Å². The van der Waals surface area contributed by atoms with Crippen LogP contribution >= 0.6 is 11.3 Å². The van der Waals surface area contributed by atoms with E-state index in [1.807, 2.05) is 13.0 Å². The first-order valence-corrected chi connectivity index (χ1v) is 9.74. The number of likely N-dealkylation sites (tertiary alicyclic amines) is 1. The van der Waals surface area contributed by atoms with E-state index < -0.39 is 0 Å². The van der Waals surface area contributed by atoms with E-state index in [4.69, 9.17) is 0 Å². The van der Waals surface area contributed by atoms with Crippen molar-refractivity contribution in [3.8, 4) is 0 Å². The fourth-order valence-electron chi connectivity index (χ4n) is 3.00. The topological polar surface area (TPSA) is 61.4 Å². The average Bonchev–Trinajstić information content (AvgIpc) is 2.96. The van der Waals surface area contributed by atoms with Gasteiger partial charge >= 0.3 is 0 Å². The van der Waals surface area contributed by atoms with Crippen LogP contribution in [0.5, 0.6) is 0 Å². The predicted octanol–water partition coefficient (Wildman–Crippen LogP) is 2.34. The second-order valence-corrected chi connectivity index (χ2v) is 7.58. The summed E-state index contributed by atoms with van der Waals surface area (Å²) in [5.41, 5.74) is 1.21. The highest BCUT2D eigenvalue weighted by Crippen LogP contribution is 2.22. The van der Waals surface area contributed by atoms with Crippen molar-refractivity contribution >= 4 is 23.2 Å². The average molecular weight is 352 g/mol. The molecule has 0 atom stereocenters. The molecule has 1 saturated heterocycles. The molecule has 0 saturated carbocycles. The Morgan fingerprint density at radius 2 is 2.00 bits per heavy atom. The van der Waals surface area contributed by atoms with Gasteiger partial charge in [-0.25, -0.2) is 0 Å². The van der Waals surface area contributed by atoms with E-state index in [0.717, 1.165) is 50.2 Å². The van der Waals surface area contributed by atoms with Crippen LogP contribution in [-0.4, -0.2) is 48.9 Å². The molecule has 0 aromatic carbocycles. The Morgan fingerprint density at radius 1 is 1.29 bits per heavy atom. The highest BCUT2D eigenvalue weighted by Gasteiger charge is 2.23. The second-order valence-electron chi connectivity index (χ2n) is 6.44. The van der Waals surface area contributed by atoms with Crippen molar-refractivity contribution in [2.45, 2.75) is 52.5 Å². The number of thiophene rings is 1. The molecule has 0 unspecified atom stereocenters. The SMILES string of the molecule is CCCNC(=O)CN1CCC(NC(=O)c2cc(C)c(CC)s2)CC1. The van der Waals surface area contributed by atoms with Crippen molar-refractivity contribution in [3.63, 3.8) is 0 Å². The summed E-state index contributed by atoms with van der Waals surface area (Å²) in [6, 6.07) is 2.20. The minimum atomic E-state index is 0.0435. The molecule has 24 heavy (non-hydrogen) atoms. The van der Waals surface area contributed by atoms with Gasteiger partial charge in [-0.15, -0.1) is 11.3 Å². The van der Waals surface area contributed by atoms with E-state index in [9.17, 15) is 9.59 Å². The second kappa shape index (κ2) is 9.18. The number of carbonyl (C=O) groups is 2. The summed E-state index contributed by atoms with van der Waals surface area (Å²) in [5, 5.41) is 6.06. The summed E-state index contributed by atoms with van der Waals surface area (Å²) in [5.74, 6) is 0.141. The van der Waals surface area contributed by atoms with Gasteiger partial charge in [0.1, 0.15) is 0 Å². The lowest BCUT2D eigenvalue weighted by molar-refractivity contribution is -0.122. The number of carbonyl (C=O) groups excluding carboxylic acids is 2. The van der Waals surface area contributed by atoms with Crippen LogP contribution in [0.3, 0.4) is 0 Å². The van der Waals surface area contributed by atoms with Gasteiger partial charge in [0.15, 0.2) is 0 Å². The van der Waals surface area contributed by atoms with Gasteiger partial charge in [-0.05, 0) is 44.2 Å². The monoisotopic (exact) mass is 351 g/mol. The molecule has 1 fully saturated rings. The van der Waals surface area contributed by atoms with Crippen LogP contribution in [-0.2, 0) is 11.2 Å². The zero-order chi connectivity index (χ0) is 17.5. The molecular formula is C18H29N3O2S. The summed E-state index contributed by atoms with van der Waals surface area (Å²) >= 11 is 1.60. The molecule has 0 radical (unpaired) electrons. The number of hydrogen-bond acceptors (Lipinski definition) is 4. The first kappa shape index (κ1) is 18.9. The Bertz CT molecular complexity index is 563. The third-order valence-corrected chi connectivity index (χ3v) is 5.81. The lowest BCUT2D eigenvalue weighted by Gasteiger charge is -2.31. The summed E-state index contributed by atoms with van der Waals surface area (Å²) in [4.78, 5) is 28.4. The van der Waals surface area contributed by atoms with Crippen molar-refractivity contribution in [1.82, 2.24) is 15.5 Å². The summed E-state index contributed by atoms with van der Waals surface area (Å²) in [6.45, 7) is 9.15. The molecule has 1 aromatic rings. The highest BCUT2D eigenvalue weighted by atomic mass is 32.1. The first-order valence-electron chi connectivity index (χ1n) is 8.92. The predicted molar refractivity (Wildman–Crippen MR) is 98.7 cm³/mol. The van der Waals surface area contributed by atoms with E-state index in [0.29, 0.717) is 6.54 Å². The fraction of sp³-hybridized carbons (Fsp3) is 0.667. The standard InChI is InChI=1S/C18H29N3O2S/c1-4-8-19-17(22)12-21-9-6-14(7-10-21)20-18(23)16-11-13(3)15(5-2)24-16/h11,14H,4-10,12H2,1-3H3,(H,19,22)(H,20,23). The first-order chi connectivity index (χ1) is 11.5. The molecule has 134 valence electrons. The largest absolute Gasteiger partial charge is 0.355 e. The Morgan fingerprint density at radius 3 is 2.58 bits per heavy atom. The van der Waals surface area contributed by atoms with Crippen LogP contribution in [0.2, 0.25) is 0 Å². The van der Waals surface area contributed by atoms with Crippen molar-refractivity contribution in [3.05, 3.63) is 21.4 Å². The van der Waals surface area contributed by atoms with Crippen LogP contribution < -0.4 is 10.6 Å². The van der Waals surface area contributed by atoms with E-state index >= 15 is 0 Å². The number of piperidine rings is 1. The molecule has 1 aliphatic heterocycles. The summed E-state index contributed by atoms with van der Waals surface area (Å²) in [7, 11) is 0. The van der Waals surface area contributed by atoms with E-state index in [1.54, 1.807) is 11.3 Å². The molecule has 0 aliphatic carbocycles. The fourth-order valence-corrected chi connectivity index (χ4v) is 4.02. The lowest BCUT2D eigenvalue weighted by Crippen LogP contribution is -2.47. The highest BCUT2D eigenvalue weighted by molar-refractivity contribution is 7.14. The molecular weight excluding hydrogens is 322 g/mol. The van der Waals surface area contributed by atoms with Crippen molar-refractivity contribution in [2.24, 2.45) is 0 Å². The number of nitrogens with zero attached hydrogens (tertiary/aromatic N) is 1. The maximum absolute atomic E-state index is 12.4. The zero-order valence-corrected chi connectivity index (χ0v) is 15.8. The van der Waals surface area contributed by atoms with Gasteiger partial charge in [0.05, 0.1) is 11.4 Å². The van der Waals surface area contributed by atoms with Gasteiger partial charge in [-0.3, -0.25) is 14.5 Å². The lowest BCUT2D eigenvalue weighted by atomic mass is 10.0. The van der Waals surface area contributed by atoms with Crippen molar-refractivity contribution in [1.29, 1.82) is 0 Å². The van der Waals surface area contributed by atoms with Gasteiger partial charge in [0.2, 0.25) is 5.91 Å². The van der Waals surface area contributed by atoms with Gasteiger partial charge in [0.25, 0.3) is 5.91 Å². The Labute approximate surface area is 148 Å². The molecule has 0 spiro atoms. The molecule has 2 rings (SSSR count). The van der Waals surface area contributed by atoms with Crippen LogP contribution in [0.25, 0.3) is 0 Å². The molecule has 2 N–H and O–H groups in total. The number of amides is 2. The molecule has 6 heteroatoms. The third-order valence-electron chi connectivity index (χ3n) is 4.43. The van der Waals surface area contributed by atoms with Crippen LogP contribution in [0.15, 0.2) is 6.07 Å². The Hall–Kier alpha value is -1.40. The number of aryl methyl sites for hydroxylation is 2. The van der Waals surface area contributed by atoms with E-state index in [2.05, 4.69) is 29.4 Å². The van der Waals surface area contributed by atoms with Gasteiger partial charge in [-0.2, -0.15) is 0 Å². The number of nitrogens with one attached hydrogen (secondary N) is 2. The molecule has 2 amide bonds. The number of rotatable bonds is 7.